The van der Waals surface area contributed by atoms with E-state index in [4.69, 9.17) is 37.0 Å². The van der Waals surface area contributed by atoms with Gasteiger partial charge >= 0.3 is 39.5 Å². The van der Waals surface area contributed by atoms with Crippen molar-refractivity contribution in [1.29, 1.82) is 0 Å². The molecule has 0 fully saturated rings. The van der Waals surface area contributed by atoms with Gasteiger partial charge in [0.15, 0.2) is 12.2 Å². The Morgan fingerprint density at radius 1 is 0.311 bits per heavy atom. The predicted molar refractivity (Wildman–Crippen MR) is 423 cm³/mol. The third-order valence-corrected chi connectivity index (χ3v) is 21.4. The molecule has 0 aromatic rings. The van der Waals surface area contributed by atoms with Crippen LogP contribution in [0.1, 0.15) is 426 Å². The first-order valence-electron chi connectivity index (χ1n) is 43.0. The van der Waals surface area contributed by atoms with Crippen molar-refractivity contribution in [2.24, 2.45) is 5.92 Å². The molecule has 0 aromatic heterocycles. The van der Waals surface area contributed by atoms with Gasteiger partial charge in [0.05, 0.1) is 26.4 Å². The molecule has 0 aliphatic heterocycles. The summed E-state index contributed by atoms with van der Waals surface area (Å²) in [5.74, 6) is -1.27. The third-order valence-electron chi connectivity index (χ3n) is 19.5. The largest absolute Gasteiger partial charge is 0.472 e. The molecule has 0 rings (SSSR count). The van der Waals surface area contributed by atoms with Crippen LogP contribution in [0.25, 0.3) is 0 Å². The van der Waals surface area contributed by atoms with Crippen LogP contribution in [0, 0.1) is 5.92 Å². The summed E-state index contributed by atoms with van der Waals surface area (Å²) >= 11 is 0. The number of phosphoric acid groups is 2. The van der Waals surface area contributed by atoms with E-state index in [1.807, 2.05) is 0 Å². The highest BCUT2D eigenvalue weighted by Crippen LogP contribution is 2.45. The molecule has 0 aliphatic carbocycles. The maximum atomic E-state index is 13.1. The van der Waals surface area contributed by atoms with Crippen molar-refractivity contribution in [3.63, 3.8) is 0 Å². The summed E-state index contributed by atoms with van der Waals surface area (Å²) in [6.07, 6.45) is 71.8. The highest BCUT2D eigenvalue weighted by Gasteiger charge is 2.30. The van der Waals surface area contributed by atoms with E-state index in [1.54, 1.807) is 0 Å². The van der Waals surface area contributed by atoms with Crippen molar-refractivity contribution in [3.8, 4) is 0 Å². The number of carbonyl (C=O) groups excluding carboxylic acids is 4. The number of hydrogen-bond donors (Lipinski definition) is 3. The minimum absolute atomic E-state index is 0.0851. The molecule has 0 spiro atoms. The Balaban J connectivity index is 5.19. The smallest absolute Gasteiger partial charge is 0.462 e. The number of carbonyl (C=O) groups is 4. The van der Waals surface area contributed by atoms with E-state index < -0.39 is 97.5 Å². The highest BCUT2D eigenvalue weighted by atomic mass is 31.2. The molecule has 3 unspecified atom stereocenters. The Bertz CT molecular complexity index is 2060. The lowest BCUT2D eigenvalue weighted by molar-refractivity contribution is -0.161. The second-order valence-corrected chi connectivity index (χ2v) is 32.7. The summed E-state index contributed by atoms with van der Waals surface area (Å²) in [6.45, 7) is 7.30. The van der Waals surface area contributed by atoms with Crippen LogP contribution in [-0.4, -0.2) is 96.7 Å². The zero-order chi connectivity index (χ0) is 75.5. The first-order chi connectivity index (χ1) is 50.1. The Kier molecular flexibility index (Phi) is 74.5. The van der Waals surface area contributed by atoms with Crippen LogP contribution >= 0.6 is 15.6 Å². The molecule has 0 bridgehead atoms. The number of unbranched alkanes of at least 4 members (excludes halogenated alkanes) is 50. The number of allylic oxidation sites excluding steroid dienone is 4. The Labute approximate surface area is 631 Å². The molecule has 0 saturated heterocycles. The van der Waals surface area contributed by atoms with Gasteiger partial charge in [0.2, 0.25) is 0 Å². The first kappa shape index (κ1) is 101. The van der Waals surface area contributed by atoms with Crippen LogP contribution in [0.15, 0.2) is 24.3 Å². The van der Waals surface area contributed by atoms with E-state index in [0.717, 1.165) is 121 Å². The Morgan fingerprint density at radius 2 is 0.544 bits per heavy atom. The standard InChI is InChI=1S/C84H160O17P2/c1-6-10-13-16-19-21-23-25-27-28-29-33-37-40-44-48-53-58-63-68-82(87)95-74-80(101-84(89)70-65-60-55-50-46-42-38-34-31-30-32-36-39-43-47-52-56-61-66-77(5)9-4)76-99-103(92,93)97-72-78(85)71-96-102(90,91)98-75-79(73-94-81(86)67-62-57-51-18-15-12-8-3)100-83(88)69-64-59-54-49-45-41-35-26-24-22-20-17-14-11-7-2/h22,24,26,35,77-80,85H,6-21,23,25,27-34,36-76H2,1-5H3,(H,90,91)(H,92,93)/b24-22-,35-26-/t77?,78-,79+,80+/m0/s1. The molecule has 19 heteroatoms. The molecule has 17 nitrogen and oxygen atoms in total. The van der Waals surface area contributed by atoms with Crippen LogP contribution in [0.5, 0.6) is 0 Å². The third kappa shape index (κ3) is 76.1. The number of aliphatic hydroxyl groups excluding tert-OH is 1. The molecule has 608 valence electrons. The van der Waals surface area contributed by atoms with Crippen molar-refractivity contribution >= 4 is 39.5 Å². The van der Waals surface area contributed by atoms with E-state index in [2.05, 4.69) is 58.9 Å². The summed E-state index contributed by atoms with van der Waals surface area (Å²) in [5, 5.41) is 10.6. The van der Waals surface area contributed by atoms with Crippen LogP contribution < -0.4 is 0 Å². The predicted octanol–water partition coefficient (Wildman–Crippen LogP) is 25.1. The SMILES string of the molecule is CCCCCC/C=C\C=C/CCCCCCCC(=O)O[C@H](COC(=O)CCCCCCCCC)COP(=O)(O)OC[C@H](O)COP(=O)(O)OC[C@@H](COC(=O)CCCCCCCCCCCCCCCCCCCCC)OC(=O)CCCCCCCCCCCCCCCCCCCCC(C)CC. The number of esters is 4. The quantitative estimate of drug-likeness (QED) is 0.0169. The van der Waals surface area contributed by atoms with Crippen molar-refractivity contribution in [2.45, 2.75) is 445 Å². The fraction of sp³-hybridized carbons (Fsp3) is 0.905. The Hall–Kier alpha value is -2.46. The van der Waals surface area contributed by atoms with E-state index >= 15 is 0 Å². The molecule has 0 aliphatic rings. The molecule has 0 radical (unpaired) electrons. The molecule has 0 saturated carbocycles. The monoisotopic (exact) mass is 1500 g/mol. The van der Waals surface area contributed by atoms with Gasteiger partial charge in [-0.15, -0.1) is 0 Å². The average Bonchev–Trinajstić information content (AvgIpc) is 0.912. The Morgan fingerprint density at radius 3 is 0.825 bits per heavy atom. The summed E-state index contributed by atoms with van der Waals surface area (Å²) in [6, 6.07) is 0. The van der Waals surface area contributed by atoms with Crippen LogP contribution in [0.3, 0.4) is 0 Å². The van der Waals surface area contributed by atoms with Gasteiger partial charge in [-0.1, -0.05) is 374 Å². The average molecular weight is 1500 g/mol. The van der Waals surface area contributed by atoms with Gasteiger partial charge in [0, 0.05) is 25.7 Å². The molecule has 0 amide bonds. The zero-order valence-electron chi connectivity index (χ0n) is 66.9. The summed E-state index contributed by atoms with van der Waals surface area (Å²) in [5.41, 5.74) is 0. The second-order valence-electron chi connectivity index (χ2n) is 29.8. The van der Waals surface area contributed by atoms with E-state index in [-0.39, 0.29) is 25.7 Å². The minimum atomic E-state index is -4.97. The highest BCUT2D eigenvalue weighted by molar-refractivity contribution is 7.47. The topological polar surface area (TPSA) is 237 Å². The molecule has 3 N–H and O–H groups in total. The lowest BCUT2D eigenvalue weighted by Crippen LogP contribution is -2.30. The molecule has 0 heterocycles. The van der Waals surface area contributed by atoms with Gasteiger partial charge in [-0.05, 0) is 57.3 Å². The van der Waals surface area contributed by atoms with Crippen LogP contribution in [-0.2, 0) is 65.4 Å². The number of phosphoric ester groups is 2. The summed E-state index contributed by atoms with van der Waals surface area (Å²) in [7, 11) is -9.93. The van der Waals surface area contributed by atoms with Crippen molar-refractivity contribution in [1.82, 2.24) is 0 Å². The molecular weight excluding hydrogens is 1340 g/mol. The van der Waals surface area contributed by atoms with Crippen molar-refractivity contribution in [2.75, 3.05) is 39.6 Å². The molecule has 0 aromatic carbocycles. The minimum Gasteiger partial charge on any atom is -0.462 e. The fourth-order valence-corrected chi connectivity index (χ4v) is 14.1. The van der Waals surface area contributed by atoms with Crippen LogP contribution in [0.4, 0.5) is 0 Å². The fourth-order valence-electron chi connectivity index (χ4n) is 12.5. The summed E-state index contributed by atoms with van der Waals surface area (Å²) in [4.78, 5) is 72.9. The first-order valence-corrected chi connectivity index (χ1v) is 46.0. The number of aliphatic hydroxyl groups is 1. The van der Waals surface area contributed by atoms with Gasteiger partial charge in [0.1, 0.15) is 19.3 Å². The van der Waals surface area contributed by atoms with Gasteiger partial charge in [-0.3, -0.25) is 37.3 Å². The van der Waals surface area contributed by atoms with Gasteiger partial charge < -0.3 is 33.8 Å². The number of rotatable bonds is 82. The lowest BCUT2D eigenvalue weighted by atomic mass is 9.99. The van der Waals surface area contributed by atoms with Gasteiger partial charge in [0.25, 0.3) is 0 Å². The van der Waals surface area contributed by atoms with E-state index in [9.17, 15) is 43.2 Å². The van der Waals surface area contributed by atoms with Crippen molar-refractivity contribution < 1.29 is 80.2 Å². The number of ether oxygens (including phenoxy) is 4. The number of hydrogen-bond acceptors (Lipinski definition) is 15. The van der Waals surface area contributed by atoms with Crippen LogP contribution in [0.2, 0.25) is 0 Å². The van der Waals surface area contributed by atoms with Gasteiger partial charge in [-0.2, -0.15) is 0 Å². The molecule has 103 heavy (non-hydrogen) atoms. The van der Waals surface area contributed by atoms with Gasteiger partial charge in [-0.25, -0.2) is 9.13 Å². The normalized spacial score (nSPS) is 14.2. The summed E-state index contributed by atoms with van der Waals surface area (Å²) < 4.78 is 68.6. The molecular formula is C84H160O17P2. The van der Waals surface area contributed by atoms with Crippen molar-refractivity contribution in [3.05, 3.63) is 24.3 Å². The van der Waals surface area contributed by atoms with E-state index in [1.165, 1.54) is 225 Å². The molecule has 6 atom stereocenters. The maximum absolute atomic E-state index is 13.1. The maximum Gasteiger partial charge on any atom is 0.472 e. The second kappa shape index (κ2) is 76.3. The lowest BCUT2D eigenvalue weighted by Gasteiger charge is -2.21. The zero-order valence-corrected chi connectivity index (χ0v) is 68.7. The van der Waals surface area contributed by atoms with E-state index in [0.29, 0.717) is 25.7 Å².